The van der Waals surface area contributed by atoms with E-state index in [1.54, 1.807) is 0 Å². The van der Waals surface area contributed by atoms with E-state index >= 15 is 4.39 Å². The van der Waals surface area contributed by atoms with Gasteiger partial charge < -0.3 is 9.84 Å². The Morgan fingerprint density at radius 2 is 1.73 bits per heavy atom. The number of esters is 1. The summed E-state index contributed by atoms with van der Waals surface area (Å²) < 4.78 is 49.5. The minimum Gasteiger partial charge on any atom is -0.507 e. The maximum atomic E-state index is 15.3. The van der Waals surface area contributed by atoms with Gasteiger partial charge in [-0.1, -0.05) is 38.0 Å². The number of aromatic hydroxyl groups is 1. The first kappa shape index (κ1) is 22.2. The van der Waals surface area contributed by atoms with E-state index in [-0.39, 0.29) is 29.2 Å². The van der Waals surface area contributed by atoms with Gasteiger partial charge in [-0.2, -0.15) is 0 Å². The van der Waals surface area contributed by atoms with Crippen molar-refractivity contribution >= 4 is 5.97 Å². The summed E-state index contributed by atoms with van der Waals surface area (Å²) in [6.45, 7) is 3.61. The molecule has 0 bridgehead atoms. The van der Waals surface area contributed by atoms with Gasteiger partial charge in [-0.05, 0) is 50.5 Å². The number of carbonyl (C=O) groups is 1. The van der Waals surface area contributed by atoms with Crippen molar-refractivity contribution in [2.45, 2.75) is 58.3 Å². The second kappa shape index (κ2) is 9.54. The van der Waals surface area contributed by atoms with Crippen molar-refractivity contribution in [3.63, 3.8) is 0 Å². The molecule has 2 aromatic rings. The summed E-state index contributed by atoms with van der Waals surface area (Å²) >= 11 is 0. The summed E-state index contributed by atoms with van der Waals surface area (Å²) in [4.78, 5) is 12.3. The van der Waals surface area contributed by atoms with Crippen LogP contribution in [0.1, 0.15) is 74.2 Å². The molecule has 0 heterocycles. The number of halogens is 3. The fourth-order valence-electron chi connectivity index (χ4n) is 4.56. The van der Waals surface area contributed by atoms with Crippen LogP contribution in [-0.2, 0) is 4.74 Å². The van der Waals surface area contributed by atoms with Crippen LogP contribution in [0.25, 0.3) is 11.1 Å². The molecule has 0 unspecified atom stereocenters. The largest absolute Gasteiger partial charge is 0.507 e. The Labute approximate surface area is 174 Å². The molecular weight excluding hydrogens is 393 g/mol. The first-order valence-electron chi connectivity index (χ1n) is 10.6. The number of carbonyl (C=O) groups excluding carboxylic acids is 1. The highest BCUT2D eigenvalue weighted by Gasteiger charge is 2.35. The van der Waals surface area contributed by atoms with Gasteiger partial charge in [-0.25, -0.2) is 18.0 Å². The summed E-state index contributed by atoms with van der Waals surface area (Å²) in [7, 11) is 0. The lowest BCUT2D eigenvalue weighted by Gasteiger charge is -2.31. The quantitative estimate of drug-likeness (QED) is 0.527. The molecule has 1 N–H and O–H groups in total. The molecule has 3 rings (SSSR count). The maximum absolute atomic E-state index is 15.3. The minimum absolute atomic E-state index is 0.0497. The van der Waals surface area contributed by atoms with E-state index in [0.717, 1.165) is 31.7 Å². The average Bonchev–Trinajstić information content (AvgIpc) is 2.72. The highest BCUT2D eigenvalue weighted by Crippen LogP contribution is 2.48. The number of hydrogen-bond donors (Lipinski definition) is 1. The highest BCUT2D eigenvalue weighted by atomic mass is 19.2. The molecule has 162 valence electrons. The summed E-state index contributed by atoms with van der Waals surface area (Å²) in [5.41, 5.74) is -1.17. The van der Waals surface area contributed by atoms with Crippen LogP contribution >= 0.6 is 0 Å². The molecule has 0 aliphatic heterocycles. The zero-order valence-corrected chi connectivity index (χ0v) is 17.3. The van der Waals surface area contributed by atoms with Crippen LogP contribution in [0.3, 0.4) is 0 Å². The molecule has 0 atom stereocenters. The molecule has 3 nitrogen and oxygen atoms in total. The molecule has 0 amide bonds. The predicted molar refractivity (Wildman–Crippen MR) is 109 cm³/mol. The van der Waals surface area contributed by atoms with Crippen molar-refractivity contribution in [3.05, 3.63) is 52.8 Å². The van der Waals surface area contributed by atoms with Gasteiger partial charge in [0, 0.05) is 16.7 Å². The first-order valence-corrected chi connectivity index (χ1v) is 10.6. The van der Waals surface area contributed by atoms with Crippen molar-refractivity contribution in [2.24, 2.45) is 5.92 Å². The molecule has 0 radical (unpaired) electrons. The number of rotatable bonds is 6. The lowest BCUT2D eigenvalue weighted by molar-refractivity contribution is 0.0515. The maximum Gasteiger partial charge on any atom is 0.345 e. The van der Waals surface area contributed by atoms with Crippen molar-refractivity contribution in [1.29, 1.82) is 0 Å². The second-order valence-electron chi connectivity index (χ2n) is 7.85. The van der Waals surface area contributed by atoms with Crippen LogP contribution in [-0.4, -0.2) is 17.7 Å². The SMILES string of the molecule is CCCC1CCC(c2c(O)c(C(=O)OCC)c(F)c(F)c2-c2ccccc2F)CC1. The Morgan fingerprint density at radius 3 is 2.33 bits per heavy atom. The number of phenolic OH excluding ortho intramolecular Hbond substituents is 1. The first-order chi connectivity index (χ1) is 14.4. The molecule has 1 saturated carbocycles. The van der Waals surface area contributed by atoms with Gasteiger partial charge in [0.25, 0.3) is 0 Å². The van der Waals surface area contributed by atoms with E-state index in [9.17, 15) is 18.7 Å². The Bertz CT molecular complexity index is 918. The Kier molecular flexibility index (Phi) is 7.06. The zero-order chi connectivity index (χ0) is 21.8. The number of ether oxygens (including phenoxy) is 1. The van der Waals surface area contributed by atoms with E-state index in [1.807, 2.05) is 0 Å². The lowest BCUT2D eigenvalue weighted by atomic mass is 9.74. The monoisotopic (exact) mass is 420 g/mol. The van der Waals surface area contributed by atoms with E-state index in [4.69, 9.17) is 4.74 Å². The third kappa shape index (κ3) is 4.18. The van der Waals surface area contributed by atoms with Gasteiger partial charge >= 0.3 is 5.97 Å². The standard InChI is InChI=1S/C24H27F3O3/c1-3-7-14-10-12-15(13-11-14)18-19(16-8-5-6-9-17(16)25)21(26)22(27)20(23(18)28)24(29)30-4-2/h5-6,8-9,14-15,28H,3-4,7,10-13H2,1-2H3. The van der Waals surface area contributed by atoms with Crippen molar-refractivity contribution in [3.8, 4) is 16.9 Å². The van der Waals surface area contributed by atoms with Gasteiger partial charge in [0.05, 0.1) is 6.61 Å². The number of benzene rings is 2. The van der Waals surface area contributed by atoms with E-state index in [2.05, 4.69) is 6.92 Å². The highest BCUT2D eigenvalue weighted by molar-refractivity contribution is 5.95. The summed E-state index contributed by atoms with van der Waals surface area (Å²) in [6, 6.07) is 5.48. The fourth-order valence-corrected chi connectivity index (χ4v) is 4.56. The second-order valence-corrected chi connectivity index (χ2v) is 7.85. The zero-order valence-electron chi connectivity index (χ0n) is 17.3. The van der Waals surface area contributed by atoms with Crippen LogP contribution in [0.4, 0.5) is 13.2 Å². The average molecular weight is 420 g/mol. The van der Waals surface area contributed by atoms with E-state index < -0.39 is 34.7 Å². The number of phenols is 1. The predicted octanol–water partition coefficient (Wildman–Crippen LogP) is 6.73. The van der Waals surface area contributed by atoms with Crippen LogP contribution in [0.2, 0.25) is 0 Å². The molecular formula is C24H27F3O3. The molecule has 0 spiro atoms. The Hall–Kier alpha value is -2.50. The molecule has 1 aliphatic rings. The molecule has 1 aliphatic carbocycles. The van der Waals surface area contributed by atoms with Gasteiger partial charge in [0.1, 0.15) is 17.1 Å². The molecule has 0 saturated heterocycles. The van der Waals surface area contributed by atoms with E-state index in [0.29, 0.717) is 18.8 Å². The van der Waals surface area contributed by atoms with E-state index in [1.165, 1.54) is 25.1 Å². The fraction of sp³-hybridized carbons (Fsp3) is 0.458. The summed E-state index contributed by atoms with van der Waals surface area (Å²) in [5, 5.41) is 10.9. The van der Waals surface area contributed by atoms with Gasteiger partial charge in [0.15, 0.2) is 11.6 Å². The molecule has 2 aromatic carbocycles. The normalized spacial score (nSPS) is 19.0. The van der Waals surface area contributed by atoms with Gasteiger partial charge in [-0.15, -0.1) is 0 Å². The summed E-state index contributed by atoms with van der Waals surface area (Å²) in [5.74, 6) is -5.13. The minimum atomic E-state index is -1.52. The van der Waals surface area contributed by atoms with Crippen LogP contribution in [0.15, 0.2) is 24.3 Å². The van der Waals surface area contributed by atoms with Gasteiger partial charge in [-0.3, -0.25) is 0 Å². The molecule has 0 aromatic heterocycles. The van der Waals surface area contributed by atoms with Crippen LogP contribution in [0.5, 0.6) is 5.75 Å². The Balaban J connectivity index is 2.19. The van der Waals surface area contributed by atoms with Crippen molar-refractivity contribution in [1.82, 2.24) is 0 Å². The third-order valence-electron chi connectivity index (χ3n) is 5.97. The Morgan fingerprint density at radius 1 is 1.07 bits per heavy atom. The number of hydrogen-bond acceptors (Lipinski definition) is 3. The topological polar surface area (TPSA) is 46.5 Å². The molecule has 1 fully saturated rings. The van der Waals surface area contributed by atoms with Gasteiger partial charge in [0.2, 0.25) is 0 Å². The molecule has 30 heavy (non-hydrogen) atoms. The summed E-state index contributed by atoms with van der Waals surface area (Å²) in [6.07, 6.45) is 5.20. The smallest absolute Gasteiger partial charge is 0.345 e. The molecule has 6 heteroatoms. The third-order valence-corrected chi connectivity index (χ3v) is 5.97. The lowest BCUT2D eigenvalue weighted by Crippen LogP contribution is -2.18. The van der Waals surface area contributed by atoms with Crippen LogP contribution < -0.4 is 0 Å². The van der Waals surface area contributed by atoms with Crippen LogP contribution in [0, 0.1) is 23.4 Å². The van der Waals surface area contributed by atoms with Crippen molar-refractivity contribution < 1.29 is 27.8 Å². The van der Waals surface area contributed by atoms with Crippen molar-refractivity contribution in [2.75, 3.05) is 6.61 Å².